The highest BCUT2D eigenvalue weighted by molar-refractivity contribution is 6.39. The maximum absolute atomic E-state index is 16.1. The Kier molecular flexibility index (Phi) is 8.30. The fourth-order valence-corrected chi connectivity index (χ4v) is 9.11. The van der Waals surface area contributed by atoms with Crippen LogP contribution in [0.15, 0.2) is 127 Å². The first-order chi connectivity index (χ1) is 25.7. The molecule has 9 heteroatoms. The molecule has 0 spiro atoms. The molecule has 2 aliphatic carbocycles. The number of hydrogen-bond donors (Lipinski definition) is 0. The molecule has 2 fully saturated rings. The molecule has 53 heavy (non-hydrogen) atoms. The third kappa shape index (κ3) is 4.68. The highest BCUT2D eigenvalue weighted by Gasteiger charge is 2.82. The number of benzene rings is 5. The number of anilines is 1. The Morgan fingerprint density at radius 3 is 1.53 bits per heavy atom. The van der Waals surface area contributed by atoms with Gasteiger partial charge in [0.2, 0.25) is 11.8 Å². The number of rotatable bonds is 9. The molecule has 8 nitrogen and oxygen atoms in total. The second-order valence-corrected chi connectivity index (χ2v) is 13.6. The molecule has 0 aromatic heterocycles. The molecule has 1 heterocycles. The number of esters is 1. The second-order valence-electron chi connectivity index (χ2n) is 13.2. The minimum absolute atomic E-state index is 0.0224. The van der Waals surface area contributed by atoms with E-state index in [9.17, 15) is 4.79 Å². The fraction of sp³-hybridized carbons (Fsp3) is 0.182. The quantitative estimate of drug-likeness (QED) is 0.113. The number of allylic oxidation sites excluding steroid dienone is 2. The molecule has 0 radical (unpaired) electrons. The van der Waals surface area contributed by atoms with Crippen molar-refractivity contribution in [1.82, 2.24) is 0 Å². The summed E-state index contributed by atoms with van der Waals surface area (Å²) in [4.78, 5) is 60.9. The molecular formula is C44H34ClNO7. The molecule has 5 aromatic carbocycles. The van der Waals surface area contributed by atoms with Crippen LogP contribution in [0, 0.1) is 11.8 Å². The molecule has 2 amide bonds. The number of halogens is 1. The van der Waals surface area contributed by atoms with Crippen molar-refractivity contribution < 1.29 is 33.4 Å². The maximum Gasteiger partial charge on any atom is 0.339 e. The summed E-state index contributed by atoms with van der Waals surface area (Å²) >= 11 is 6.44. The van der Waals surface area contributed by atoms with Gasteiger partial charge in [-0.1, -0.05) is 96.5 Å². The number of Topliss-reactive ketones (excluding diaryl/α,β-unsaturated/α-hetero) is 1. The van der Waals surface area contributed by atoms with Crippen molar-refractivity contribution in [3.05, 3.63) is 160 Å². The van der Waals surface area contributed by atoms with Gasteiger partial charge in [-0.15, -0.1) is 0 Å². The van der Waals surface area contributed by atoms with Gasteiger partial charge in [-0.3, -0.25) is 14.4 Å². The Morgan fingerprint density at radius 1 is 0.660 bits per heavy atom. The molecule has 0 unspecified atom stereocenters. The molecule has 1 saturated carbocycles. The monoisotopic (exact) mass is 723 g/mol. The summed E-state index contributed by atoms with van der Waals surface area (Å²) in [5, 5.41) is 0.119. The first kappa shape index (κ1) is 34.1. The van der Waals surface area contributed by atoms with Gasteiger partial charge in [0, 0.05) is 0 Å². The zero-order valence-electron chi connectivity index (χ0n) is 29.2. The van der Waals surface area contributed by atoms with E-state index >= 15 is 14.4 Å². The van der Waals surface area contributed by atoms with Crippen molar-refractivity contribution >= 4 is 52.0 Å². The average molecular weight is 724 g/mol. The van der Waals surface area contributed by atoms with Gasteiger partial charge in [-0.05, 0) is 82.8 Å². The summed E-state index contributed by atoms with van der Waals surface area (Å²) in [5.41, 5.74) is 0.853. The number of imide groups is 1. The zero-order valence-corrected chi connectivity index (χ0v) is 29.9. The number of amides is 2. The Hall–Kier alpha value is -5.99. The fourth-order valence-electron chi connectivity index (χ4n) is 8.91. The van der Waals surface area contributed by atoms with Crippen LogP contribution in [-0.4, -0.2) is 44.4 Å². The van der Waals surface area contributed by atoms with Gasteiger partial charge in [0.1, 0.15) is 11.5 Å². The van der Waals surface area contributed by atoms with E-state index in [2.05, 4.69) is 0 Å². The van der Waals surface area contributed by atoms with Gasteiger partial charge in [0.15, 0.2) is 5.78 Å². The standard InChI is InChI=1S/C44H34ClNO7/c1-4-53-41(49)33-25-30(19-24-34(33)45)46-39(47)37-38(40(46)48)44(29-13-9-6-10-14-29)36(27-17-22-32(52-3)23-18-27)35(26-15-20-31(51-2)21-16-26)43(37,42(44)50)28-11-7-5-8-12-28/h5-25,37-38H,4H2,1-3H3/t37-,38+,43-,44-/m0/s1. The third-order valence-electron chi connectivity index (χ3n) is 10.9. The molecule has 0 N–H and O–H groups in total. The van der Waals surface area contributed by atoms with Crippen LogP contribution in [0.5, 0.6) is 11.5 Å². The van der Waals surface area contributed by atoms with Crippen LogP contribution in [0.4, 0.5) is 5.69 Å². The van der Waals surface area contributed by atoms with E-state index in [0.29, 0.717) is 44.9 Å². The molecule has 3 aliphatic rings. The predicted octanol–water partition coefficient (Wildman–Crippen LogP) is 7.72. The lowest BCUT2D eigenvalue weighted by molar-refractivity contribution is -0.130. The van der Waals surface area contributed by atoms with Crippen LogP contribution < -0.4 is 14.4 Å². The number of fused-ring (bicyclic) bond motifs is 5. The van der Waals surface area contributed by atoms with Crippen molar-refractivity contribution in [2.75, 3.05) is 25.7 Å². The SMILES string of the molecule is CCOC(=O)c1cc(N2C(=O)[C@@H]3[C@H](C2=O)[C@@]2(c4ccccc4)C(=O)[C@@]3(c3ccccc3)C(c3ccc(OC)cc3)=C2c2ccc(OC)cc2)ccc1Cl. The third-order valence-corrected chi connectivity index (χ3v) is 11.2. The van der Waals surface area contributed by atoms with E-state index in [4.69, 9.17) is 25.8 Å². The molecule has 1 aliphatic heterocycles. The summed E-state index contributed by atoms with van der Waals surface area (Å²) in [5.74, 6) is -3.08. The topological polar surface area (TPSA) is 99.2 Å². The molecular weight excluding hydrogens is 690 g/mol. The highest BCUT2D eigenvalue weighted by atomic mass is 35.5. The normalized spacial score (nSPS) is 23.0. The molecule has 2 bridgehead atoms. The van der Waals surface area contributed by atoms with Gasteiger partial charge in [0.25, 0.3) is 0 Å². The van der Waals surface area contributed by atoms with Crippen molar-refractivity contribution in [1.29, 1.82) is 0 Å². The lowest BCUT2D eigenvalue weighted by Crippen LogP contribution is -2.45. The van der Waals surface area contributed by atoms with Crippen LogP contribution >= 0.6 is 11.6 Å². The van der Waals surface area contributed by atoms with Crippen molar-refractivity contribution in [3.8, 4) is 11.5 Å². The number of carbonyl (C=O) groups excluding carboxylic acids is 4. The summed E-state index contributed by atoms with van der Waals surface area (Å²) in [6.45, 7) is 1.79. The van der Waals surface area contributed by atoms with Crippen LogP contribution in [0.2, 0.25) is 5.02 Å². The summed E-state index contributed by atoms with van der Waals surface area (Å²) in [7, 11) is 3.17. The van der Waals surface area contributed by atoms with Crippen LogP contribution in [0.1, 0.15) is 39.5 Å². The maximum atomic E-state index is 16.1. The number of hydrogen-bond acceptors (Lipinski definition) is 7. The van der Waals surface area contributed by atoms with Crippen LogP contribution in [0.3, 0.4) is 0 Å². The minimum atomic E-state index is -1.61. The molecule has 4 atom stereocenters. The van der Waals surface area contributed by atoms with Gasteiger partial charge >= 0.3 is 5.97 Å². The van der Waals surface area contributed by atoms with Crippen molar-refractivity contribution in [3.63, 3.8) is 0 Å². The van der Waals surface area contributed by atoms with Crippen LogP contribution in [-0.2, 0) is 30.0 Å². The van der Waals surface area contributed by atoms with E-state index in [0.717, 1.165) is 4.90 Å². The number of ketones is 1. The number of carbonyl (C=O) groups is 4. The molecule has 1 saturated heterocycles. The van der Waals surface area contributed by atoms with E-state index in [-0.39, 0.29) is 28.7 Å². The summed E-state index contributed by atoms with van der Waals surface area (Å²) in [6.07, 6.45) is 0. The largest absolute Gasteiger partial charge is 0.497 e. The van der Waals surface area contributed by atoms with Gasteiger partial charge in [0.05, 0.1) is 59.8 Å². The first-order valence-corrected chi connectivity index (χ1v) is 17.7. The van der Waals surface area contributed by atoms with Gasteiger partial charge in [-0.25, -0.2) is 9.69 Å². The van der Waals surface area contributed by atoms with E-state index in [1.807, 2.05) is 109 Å². The Morgan fingerprint density at radius 2 is 1.11 bits per heavy atom. The lowest BCUT2D eigenvalue weighted by Gasteiger charge is -2.39. The number of ether oxygens (including phenoxy) is 3. The first-order valence-electron chi connectivity index (χ1n) is 17.3. The smallest absolute Gasteiger partial charge is 0.339 e. The Balaban J connectivity index is 1.49. The van der Waals surface area contributed by atoms with Crippen molar-refractivity contribution in [2.45, 2.75) is 17.8 Å². The number of methoxy groups -OCH3 is 2. The number of nitrogens with zero attached hydrogens (tertiary/aromatic N) is 1. The summed E-state index contributed by atoms with van der Waals surface area (Å²) < 4.78 is 16.3. The van der Waals surface area contributed by atoms with E-state index < -0.39 is 40.4 Å². The molecule has 8 rings (SSSR count). The summed E-state index contributed by atoms with van der Waals surface area (Å²) in [6, 6.07) is 37.8. The highest BCUT2D eigenvalue weighted by Crippen LogP contribution is 2.74. The van der Waals surface area contributed by atoms with E-state index in [1.54, 1.807) is 21.1 Å². The van der Waals surface area contributed by atoms with Crippen LogP contribution in [0.25, 0.3) is 11.1 Å². The lowest BCUT2D eigenvalue weighted by atomic mass is 9.59. The van der Waals surface area contributed by atoms with Crippen molar-refractivity contribution in [2.24, 2.45) is 11.8 Å². The predicted molar refractivity (Wildman–Crippen MR) is 201 cm³/mol. The average Bonchev–Trinajstić information content (AvgIpc) is 3.71. The Labute approximate surface area is 311 Å². The minimum Gasteiger partial charge on any atom is -0.497 e. The van der Waals surface area contributed by atoms with E-state index in [1.165, 1.54) is 18.2 Å². The van der Waals surface area contributed by atoms with Gasteiger partial charge < -0.3 is 14.2 Å². The molecule has 264 valence electrons. The van der Waals surface area contributed by atoms with Gasteiger partial charge in [-0.2, -0.15) is 0 Å². The molecule has 5 aromatic rings. The Bertz CT molecular complexity index is 2190. The second kappa shape index (κ2) is 12.9. The zero-order chi connectivity index (χ0) is 37.1.